The standard InChI is InChI=1S/C19H18N2O6/c22-18(20-10-9-14-5-1-2-6-15(14)11-20)12-27-19(23)13-26-17-8-4-3-7-16(17)21(24)25/h1-8H,9-13H2. The molecule has 0 fully saturated rings. The monoisotopic (exact) mass is 370 g/mol. The van der Waals surface area contributed by atoms with E-state index < -0.39 is 17.5 Å². The summed E-state index contributed by atoms with van der Waals surface area (Å²) in [6.07, 6.45) is 0.761. The second-order valence-corrected chi connectivity index (χ2v) is 6.01. The van der Waals surface area contributed by atoms with Crippen molar-refractivity contribution in [2.24, 2.45) is 0 Å². The number of amides is 1. The van der Waals surface area contributed by atoms with Crippen LogP contribution in [0.5, 0.6) is 5.75 Å². The number of nitro benzene ring substituents is 1. The first-order chi connectivity index (χ1) is 13.0. The fourth-order valence-corrected chi connectivity index (χ4v) is 2.85. The molecular formula is C19H18N2O6. The molecule has 1 aliphatic heterocycles. The van der Waals surface area contributed by atoms with Gasteiger partial charge in [0.15, 0.2) is 19.0 Å². The fraction of sp³-hybridized carbons (Fsp3) is 0.263. The highest BCUT2D eigenvalue weighted by Gasteiger charge is 2.22. The van der Waals surface area contributed by atoms with Crippen LogP contribution in [0.1, 0.15) is 11.1 Å². The van der Waals surface area contributed by atoms with Gasteiger partial charge < -0.3 is 14.4 Å². The summed E-state index contributed by atoms with van der Waals surface area (Å²) < 4.78 is 10.1. The lowest BCUT2D eigenvalue weighted by atomic mass is 10.00. The number of carbonyl (C=O) groups is 2. The van der Waals surface area contributed by atoms with Crippen molar-refractivity contribution in [2.45, 2.75) is 13.0 Å². The van der Waals surface area contributed by atoms with Gasteiger partial charge in [0, 0.05) is 19.2 Å². The van der Waals surface area contributed by atoms with E-state index in [-0.39, 0.29) is 24.0 Å². The summed E-state index contributed by atoms with van der Waals surface area (Å²) in [5.41, 5.74) is 2.06. The molecule has 1 amide bonds. The molecule has 0 spiro atoms. The van der Waals surface area contributed by atoms with Crippen molar-refractivity contribution in [1.29, 1.82) is 0 Å². The number of carbonyl (C=O) groups excluding carboxylic acids is 2. The largest absolute Gasteiger partial charge is 0.475 e. The van der Waals surface area contributed by atoms with E-state index in [2.05, 4.69) is 0 Å². The minimum atomic E-state index is -0.765. The Morgan fingerprint density at radius 2 is 1.74 bits per heavy atom. The molecule has 8 heteroatoms. The smallest absolute Gasteiger partial charge is 0.344 e. The van der Waals surface area contributed by atoms with E-state index in [0.717, 1.165) is 12.0 Å². The van der Waals surface area contributed by atoms with E-state index in [9.17, 15) is 19.7 Å². The third-order valence-corrected chi connectivity index (χ3v) is 4.25. The zero-order valence-electron chi connectivity index (χ0n) is 14.5. The van der Waals surface area contributed by atoms with Gasteiger partial charge in [0.2, 0.25) is 0 Å². The van der Waals surface area contributed by atoms with E-state index in [1.165, 1.54) is 23.8 Å². The lowest BCUT2D eigenvalue weighted by Crippen LogP contribution is -2.38. The van der Waals surface area contributed by atoms with E-state index >= 15 is 0 Å². The van der Waals surface area contributed by atoms with Crippen LogP contribution in [0.2, 0.25) is 0 Å². The predicted octanol–water partition coefficient (Wildman–Crippen LogP) is 2.10. The molecule has 140 valence electrons. The van der Waals surface area contributed by atoms with Crippen LogP contribution in [0.3, 0.4) is 0 Å². The Labute approximate surface area is 155 Å². The van der Waals surface area contributed by atoms with Gasteiger partial charge in [0.05, 0.1) is 4.92 Å². The molecule has 3 rings (SSSR count). The number of nitrogens with zero attached hydrogens (tertiary/aromatic N) is 2. The molecule has 0 unspecified atom stereocenters. The number of esters is 1. The summed E-state index contributed by atoms with van der Waals surface area (Å²) in [6.45, 7) is 0.154. The first-order valence-corrected chi connectivity index (χ1v) is 8.41. The van der Waals surface area contributed by atoms with E-state index in [1.807, 2.05) is 24.3 Å². The Hall–Kier alpha value is -3.42. The first-order valence-electron chi connectivity index (χ1n) is 8.41. The highest BCUT2D eigenvalue weighted by Crippen LogP contribution is 2.25. The maximum atomic E-state index is 12.2. The summed E-state index contributed by atoms with van der Waals surface area (Å²) in [5, 5.41) is 10.9. The summed E-state index contributed by atoms with van der Waals surface area (Å²) >= 11 is 0. The second-order valence-electron chi connectivity index (χ2n) is 6.01. The Morgan fingerprint density at radius 3 is 2.52 bits per heavy atom. The molecule has 2 aromatic carbocycles. The molecular weight excluding hydrogens is 352 g/mol. The molecule has 0 aliphatic carbocycles. The molecule has 0 saturated heterocycles. The highest BCUT2D eigenvalue weighted by atomic mass is 16.6. The molecule has 1 heterocycles. The number of nitro groups is 1. The van der Waals surface area contributed by atoms with Crippen LogP contribution in [0.15, 0.2) is 48.5 Å². The van der Waals surface area contributed by atoms with Crippen molar-refractivity contribution in [3.05, 3.63) is 69.8 Å². The van der Waals surface area contributed by atoms with Crippen molar-refractivity contribution < 1.29 is 24.0 Å². The fourth-order valence-electron chi connectivity index (χ4n) is 2.85. The molecule has 27 heavy (non-hydrogen) atoms. The summed E-state index contributed by atoms with van der Waals surface area (Å²) in [5.74, 6) is -1.08. The molecule has 0 saturated carbocycles. The number of fused-ring (bicyclic) bond motifs is 1. The Balaban J connectivity index is 1.47. The summed E-state index contributed by atoms with van der Waals surface area (Å²) in [6, 6.07) is 13.6. The van der Waals surface area contributed by atoms with Crippen LogP contribution < -0.4 is 4.74 Å². The summed E-state index contributed by atoms with van der Waals surface area (Å²) in [7, 11) is 0. The number of rotatable bonds is 6. The van der Waals surface area contributed by atoms with Gasteiger partial charge in [-0.2, -0.15) is 0 Å². The van der Waals surface area contributed by atoms with Gasteiger partial charge >= 0.3 is 11.7 Å². The number of benzene rings is 2. The van der Waals surface area contributed by atoms with Crippen molar-refractivity contribution in [3.63, 3.8) is 0 Å². The molecule has 2 aromatic rings. The van der Waals surface area contributed by atoms with Gasteiger partial charge in [-0.1, -0.05) is 36.4 Å². The Bertz CT molecular complexity index is 867. The Morgan fingerprint density at radius 1 is 1.04 bits per heavy atom. The van der Waals surface area contributed by atoms with Gasteiger partial charge in [0.25, 0.3) is 5.91 Å². The SMILES string of the molecule is O=C(COc1ccccc1[N+](=O)[O-])OCC(=O)N1CCc2ccccc2C1. The Kier molecular flexibility index (Phi) is 5.65. The third-order valence-electron chi connectivity index (χ3n) is 4.25. The van der Waals surface area contributed by atoms with Crippen LogP contribution in [0.25, 0.3) is 0 Å². The van der Waals surface area contributed by atoms with Crippen LogP contribution in [0, 0.1) is 10.1 Å². The van der Waals surface area contributed by atoms with Gasteiger partial charge in [-0.15, -0.1) is 0 Å². The van der Waals surface area contributed by atoms with Crippen molar-refractivity contribution in [2.75, 3.05) is 19.8 Å². The highest BCUT2D eigenvalue weighted by molar-refractivity contribution is 5.81. The van der Waals surface area contributed by atoms with Crippen molar-refractivity contribution in [1.82, 2.24) is 4.90 Å². The summed E-state index contributed by atoms with van der Waals surface area (Å²) in [4.78, 5) is 36.0. The lowest BCUT2D eigenvalue weighted by molar-refractivity contribution is -0.385. The van der Waals surface area contributed by atoms with Crippen LogP contribution >= 0.6 is 0 Å². The molecule has 8 nitrogen and oxygen atoms in total. The van der Waals surface area contributed by atoms with Crippen LogP contribution in [-0.2, 0) is 27.3 Å². The number of ether oxygens (including phenoxy) is 2. The maximum absolute atomic E-state index is 12.2. The average Bonchev–Trinajstić information content (AvgIpc) is 2.70. The van der Waals surface area contributed by atoms with Gasteiger partial charge in [-0.05, 0) is 23.6 Å². The number of para-hydroxylation sites is 2. The zero-order valence-corrected chi connectivity index (χ0v) is 14.5. The van der Waals surface area contributed by atoms with Gasteiger partial charge in [-0.25, -0.2) is 4.79 Å². The van der Waals surface area contributed by atoms with E-state index in [1.54, 1.807) is 11.0 Å². The number of hydrogen-bond donors (Lipinski definition) is 0. The van der Waals surface area contributed by atoms with Crippen molar-refractivity contribution >= 4 is 17.6 Å². The number of hydrogen-bond acceptors (Lipinski definition) is 6. The molecule has 0 aromatic heterocycles. The quantitative estimate of drug-likeness (QED) is 0.439. The average molecular weight is 370 g/mol. The van der Waals surface area contributed by atoms with Crippen molar-refractivity contribution in [3.8, 4) is 5.75 Å². The lowest BCUT2D eigenvalue weighted by Gasteiger charge is -2.28. The topological polar surface area (TPSA) is 99.0 Å². The van der Waals surface area contributed by atoms with E-state index in [4.69, 9.17) is 9.47 Å². The minimum absolute atomic E-state index is 0.0292. The van der Waals surface area contributed by atoms with Gasteiger partial charge in [-0.3, -0.25) is 14.9 Å². The maximum Gasteiger partial charge on any atom is 0.344 e. The van der Waals surface area contributed by atoms with Gasteiger partial charge in [0.1, 0.15) is 0 Å². The van der Waals surface area contributed by atoms with E-state index in [0.29, 0.717) is 13.1 Å². The predicted molar refractivity (Wildman–Crippen MR) is 95.1 cm³/mol. The minimum Gasteiger partial charge on any atom is -0.475 e. The molecule has 0 radical (unpaired) electrons. The molecule has 0 atom stereocenters. The zero-order chi connectivity index (χ0) is 19.2. The molecule has 0 bridgehead atoms. The second kappa shape index (κ2) is 8.31. The van der Waals surface area contributed by atoms with Crippen LogP contribution in [-0.4, -0.2) is 41.5 Å². The first kappa shape index (κ1) is 18.4. The molecule has 1 aliphatic rings. The normalized spacial score (nSPS) is 12.8. The third kappa shape index (κ3) is 4.60. The van der Waals surface area contributed by atoms with Crippen LogP contribution in [0.4, 0.5) is 5.69 Å². The molecule has 0 N–H and O–H groups in total.